The molecule has 0 heterocycles. The van der Waals surface area contributed by atoms with E-state index in [1.165, 1.54) is 6.07 Å². The summed E-state index contributed by atoms with van der Waals surface area (Å²) in [5.74, 6) is 0. The van der Waals surface area contributed by atoms with Gasteiger partial charge >= 0.3 is 0 Å². The number of aryl methyl sites for hydroxylation is 1. The van der Waals surface area contributed by atoms with Crippen LogP contribution in [0.2, 0.25) is 0 Å². The lowest BCUT2D eigenvalue weighted by molar-refractivity contribution is 0.608. The Morgan fingerprint density at radius 3 is 2.33 bits per heavy atom. The molecule has 2 nitrogen and oxygen atoms in total. The van der Waals surface area contributed by atoms with Gasteiger partial charge in [-0.3, -0.25) is 0 Å². The minimum Gasteiger partial charge on any atom is -0.207 e. The summed E-state index contributed by atoms with van der Waals surface area (Å²) < 4.78 is 22.0. The van der Waals surface area contributed by atoms with Gasteiger partial charge in [-0.25, -0.2) is 8.42 Å². The summed E-state index contributed by atoms with van der Waals surface area (Å²) in [7, 11) is 1.64. The third-order valence-corrected chi connectivity index (χ3v) is 3.04. The van der Waals surface area contributed by atoms with Gasteiger partial charge in [0.25, 0.3) is 9.05 Å². The third-order valence-electron chi connectivity index (χ3n) is 1.62. The Balaban J connectivity index is 3.33. The molecule has 0 bridgehead atoms. The number of benzene rings is 1. The van der Waals surface area contributed by atoms with Crippen molar-refractivity contribution in [2.45, 2.75) is 18.2 Å². The Morgan fingerprint density at radius 1 is 1.33 bits per heavy atom. The highest BCUT2D eigenvalue weighted by molar-refractivity contribution is 8.13. The van der Waals surface area contributed by atoms with Gasteiger partial charge < -0.3 is 0 Å². The lowest BCUT2D eigenvalue weighted by Crippen LogP contribution is -1.95. The van der Waals surface area contributed by atoms with Gasteiger partial charge in [0.05, 0.1) is 4.90 Å². The molecule has 4 heteroatoms. The fraction of sp³-hybridized carbons (Fsp3) is 0.250. The maximum atomic E-state index is 11.0. The first kappa shape index (κ1) is 9.55. The van der Waals surface area contributed by atoms with Gasteiger partial charge in [-0.1, -0.05) is 25.1 Å². The van der Waals surface area contributed by atoms with Crippen LogP contribution in [0, 0.1) is 0 Å². The van der Waals surface area contributed by atoms with E-state index in [1.807, 2.05) is 6.92 Å². The smallest absolute Gasteiger partial charge is 0.207 e. The van der Waals surface area contributed by atoms with Crippen molar-refractivity contribution < 1.29 is 8.42 Å². The maximum absolute atomic E-state index is 11.0. The molecule has 0 aliphatic rings. The van der Waals surface area contributed by atoms with Crippen LogP contribution in [-0.2, 0) is 15.5 Å². The molecule has 0 atom stereocenters. The Bertz CT molecular complexity index is 370. The monoisotopic (exact) mass is 204 g/mol. The summed E-state index contributed by atoms with van der Waals surface area (Å²) in [5.41, 5.74) is 0.757. The van der Waals surface area contributed by atoms with E-state index < -0.39 is 9.05 Å². The fourth-order valence-electron chi connectivity index (χ4n) is 1.03. The predicted octanol–water partition coefficient (Wildman–Crippen LogP) is 2.18. The summed E-state index contributed by atoms with van der Waals surface area (Å²) in [6, 6.07) is 6.73. The zero-order valence-corrected chi connectivity index (χ0v) is 8.19. The van der Waals surface area contributed by atoms with Crippen LogP contribution in [0.5, 0.6) is 0 Å². The largest absolute Gasteiger partial charge is 0.261 e. The van der Waals surface area contributed by atoms with Crippen molar-refractivity contribution in [2.24, 2.45) is 0 Å². The summed E-state index contributed by atoms with van der Waals surface area (Å²) >= 11 is 0. The van der Waals surface area contributed by atoms with Crippen LogP contribution in [-0.4, -0.2) is 8.42 Å². The van der Waals surface area contributed by atoms with Crippen molar-refractivity contribution >= 4 is 19.7 Å². The first-order chi connectivity index (χ1) is 5.55. The average Bonchev–Trinajstić information content (AvgIpc) is 2.03. The van der Waals surface area contributed by atoms with Crippen molar-refractivity contribution in [2.75, 3.05) is 0 Å². The van der Waals surface area contributed by atoms with Crippen molar-refractivity contribution in [3.63, 3.8) is 0 Å². The summed E-state index contributed by atoms with van der Waals surface area (Å²) in [6.07, 6.45) is 0.669. The molecule has 0 saturated carbocycles. The molecular formula is C8H9ClO2S. The van der Waals surface area contributed by atoms with Gasteiger partial charge in [-0.2, -0.15) is 0 Å². The average molecular weight is 205 g/mol. The molecule has 0 fully saturated rings. The predicted molar refractivity (Wildman–Crippen MR) is 48.9 cm³/mol. The van der Waals surface area contributed by atoms with E-state index in [0.717, 1.165) is 5.56 Å². The molecule has 0 spiro atoms. The molecule has 0 unspecified atom stereocenters. The molecule has 0 N–H and O–H groups in total. The molecule has 1 rings (SSSR count). The Labute approximate surface area is 76.6 Å². The van der Waals surface area contributed by atoms with Gasteiger partial charge in [0.1, 0.15) is 0 Å². The second kappa shape index (κ2) is 3.46. The van der Waals surface area contributed by atoms with Crippen LogP contribution in [0.3, 0.4) is 0 Å². The van der Waals surface area contributed by atoms with Crippen molar-refractivity contribution in [3.8, 4) is 0 Å². The molecule has 0 aliphatic heterocycles. The quantitative estimate of drug-likeness (QED) is 0.692. The molecular weight excluding hydrogens is 196 g/mol. The lowest BCUT2D eigenvalue weighted by atomic mass is 10.2. The second-order valence-corrected chi connectivity index (χ2v) is 4.93. The maximum Gasteiger partial charge on any atom is 0.261 e. The third kappa shape index (κ3) is 1.99. The molecule has 0 aromatic heterocycles. The standard InChI is InChI=1S/C8H9ClO2S/c1-2-7-5-3-4-6-8(7)12(9,10)11/h3-6H,2H2,1H3. The minimum absolute atomic E-state index is 0.217. The second-order valence-electron chi connectivity index (χ2n) is 2.40. The first-order valence-electron chi connectivity index (χ1n) is 3.58. The molecule has 0 amide bonds. The lowest BCUT2D eigenvalue weighted by Gasteiger charge is -2.01. The SMILES string of the molecule is CCc1ccccc1S(=O)(=O)Cl. The molecule has 0 aliphatic carbocycles. The van der Waals surface area contributed by atoms with Crippen molar-refractivity contribution in [1.82, 2.24) is 0 Å². The van der Waals surface area contributed by atoms with E-state index in [2.05, 4.69) is 0 Å². The van der Waals surface area contributed by atoms with E-state index in [-0.39, 0.29) is 4.90 Å². The van der Waals surface area contributed by atoms with Crippen molar-refractivity contribution in [1.29, 1.82) is 0 Å². The minimum atomic E-state index is -3.57. The fourth-order valence-corrected chi connectivity index (χ4v) is 2.25. The molecule has 1 aromatic rings. The van der Waals surface area contributed by atoms with Crippen LogP contribution in [0.1, 0.15) is 12.5 Å². The number of hydrogen-bond acceptors (Lipinski definition) is 2. The van der Waals surface area contributed by atoms with Crippen LogP contribution in [0.4, 0.5) is 0 Å². The summed E-state index contributed by atoms with van der Waals surface area (Å²) in [5, 5.41) is 0. The van der Waals surface area contributed by atoms with E-state index in [9.17, 15) is 8.42 Å². The topological polar surface area (TPSA) is 34.1 Å². The Morgan fingerprint density at radius 2 is 1.92 bits per heavy atom. The van der Waals surface area contributed by atoms with E-state index in [4.69, 9.17) is 10.7 Å². The normalized spacial score (nSPS) is 11.5. The van der Waals surface area contributed by atoms with Gasteiger partial charge in [0.15, 0.2) is 0 Å². The van der Waals surface area contributed by atoms with Gasteiger partial charge in [0.2, 0.25) is 0 Å². The molecule has 0 radical (unpaired) electrons. The highest BCUT2D eigenvalue weighted by Gasteiger charge is 2.12. The number of halogens is 1. The van der Waals surface area contributed by atoms with Gasteiger partial charge in [0, 0.05) is 10.7 Å². The molecule has 1 aromatic carbocycles. The van der Waals surface area contributed by atoms with Crippen LogP contribution < -0.4 is 0 Å². The van der Waals surface area contributed by atoms with Gasteiger partial charge in [-0.15, -0.1) is 0 Å². The zero-order valence-electron chi connectivity index (χ0n) is 6.62. The molecule has 0 saturated heterocycles. The highest BCUT2D eigenvalue weighted by atomic mass is 35.7. The van der Waals surface area contributed by atoms with E-state index in [1.54, 1.807) is 18.2 Å². The number of hydrogen-bond donors (Lipinski definition) is 0. The van der Waals surface area contributed by atoms with Crippen LogP contribution in [0.25, 0.3) is 0 Å². The first-order valence-corrected chi connectivity index (χ1v) is 5.89. The molecule has 12 heavy (non-hydrogen) atoms. The van der Waals surface area contributed by atoms with E-state index in [0.29, 0.717) is 6.42 Å². The van der Waals surface area contributed by atoms with Gasteiger partial charge in [-0.05, 0) is 18.1 Å². The van der Waals surface area contributed by atoms with Crippen LogP contribution in [0.15, 0.2) is 29.2 Å². The number of rotatable bonds is 2. The highest BCUT2D eigenvalue weighted by Crippen LogP contribution is 2.19. The summed E-state index contributed by atoms with van der Waals surface area (Å²) in [4.78, 5) is 0.217. The summed E-state index contributed by atoms with van der Waals surface area (Å²) in [6.45, 7) is 1.89. The van der Waals surface area contributed by atoms with Crippen molar-refractivity contribution in [3.05, 3.63) is 29.8 Å². The van der Waals surface area contributed by atoms with E-state index >= 15 is 0 Å². The Kier molecular flexibility index (Phi) is 2.75. The van der Waals surface area contributed by atoms with Crippen LogP contribution >= 0.6 is 10.7 Å². The molecule has 66 valence electrons. The zero-order chi connectivity index (χ0) is 9.19. The Hall–Kier alpha value is -0.540.